The van der Waals surface area contributed by atoms with Gasteiger partial charge in [0.2, 0.25) is 0 Å². The zero-order chi connectivity index (χ0) is 33.0. The molecule has 1 atom stereocenters. The molecule has 0 fully saturated rings. The summed E-state index contributed by atoms with van der Waals surface area (Å²) < 4.78 is 20.3. The topological polar surface area (TPSA) is 62.6 Å². The number of nitrogens with zero attached hydrogens (tertiary/aromatic N) is 2. The first-order chi connectivity index (χ1) is 23.5. The minimum atomic E-state index is -0.304. The van der Waals surface area contributed by atoms with Gasteiger partial charge in [0.1, 0.15) is 24.7 Å². The van der Waals surface area contributed by atoms with Crippen molar-refractivity contribution in [2.24, 2.45) is 0 Å². The summed E-state index contributed by atoms with van der Waals surface area (Å²) in [6.07, 6.45) is 2.94. The first-order valence-corrected chi connectivity index (χ1v) is 17.2. The second-order valence-electron chi connectivity index (χ2n) is 11.9. The average molecular weight is 675 g/mol. The van der Waals surface area contributed by atoms with E-state index in [1.54, 1.807) is 0 Å². The Bertz CT molecular complexity index is 2060. The highest BCUT2D eigenvalue weighted by molar-refractivity contribution is 8.00. The maximum atomic E-state index is 12.1. The monoisotopic (exact) mass is 674 g/mol. The molecule has 8 heteroatoms. The van der Waals surface area contributed by atoms with E-state index < -0.39 is 0 Å². The Hall–Kier alpha value is -4.72. The Morgan fingerprint density at radius 2 is 1.65 bits per heavy atom. The fraction of sp³-hybridized carbons (Fsp3) is 0.200. The number of esters is 1. The molecule has 7 rings (SSSR count). The van der Waals surface area contributed by atoms with Crippen LogP contribution in [0.1, 0.15) is 35.0 Å². The minimum Gasteiger partial charge on any atom is -0.487 e. The molecule has 0 radical (unpaired) electrons. The summed E-state index contributed by atoms with van der Waals surface area (Å²) in [5.74, 6) is 1.24. The normalized spacial score (nSPS) is 13.8. The van der Waals surface area contributed by atoms with Crippen molar-refractivity contribution in [2.75, 3.05) is 7.11 Å². The van der Waals surface area contributed by atoms with E-state index in [4.69, 9.17) is 30.8 Å². The minimum absolute atomic E-state index is 0.147. The maximum absolute atomic E-state index is 12.1. The van der Waals surface area contributed by atoms with Crippen molar-refractivity contribution in [3.05, 3.63) is 142 Å². The van der Waals surface area contributed by atoms with Crippen LogP contribution in [0.5, 0.6) is 11.5 Å². The lowest BCUT2D eigenvalue weighted by molar-refractivity contribution is -0.139. The number of rotatable bonds is 11. The van der Waals surface area contributed by atoms with Gasteiger partial charge in [-0.3, -0.25) is 9.78 Å². The molecule has 1 aliphatic heterocycles. The molecule has 1 unspecified atom stereocenters. The highest BCUT2D eigenvalue weighted by Crippen LogP contribution is 2.47. The molecule has 0 N–H and O–H groups in total. The summed E-state index contributed by atoms with van der Waals surface area (Å²) in [6, 6.07) is 34.3. The smallest absolute Gasteiger partial charge is 0.310 e. The molecule has 0 saturated carbocycles. The molecule has 0 spiro atoms. The SMILES string of the molecule is COC(=O)Cc1ccccc1OCc1c2c3c(c(OCc4ccc(-c5ccccc5)cn4)ccc3n1Cc1ccc(Cl)cc1)CC(C)S2. The Labute approximate surface area is 289 Å². The van der Waals surface area contributed by atoms with E-state index >= 15 is 0 Å². The molecule has 1 aliphatic rings. The third-order valence-corrected chi connectivity index (χ3v) is 10.1. The van der Waals surface area contributed by atoms with E-state index in [1.807, 2.05) is 78.6 Å². The number of halogens is 1. The van der Waals surface area contributed by atoms with Gasteiger partial charge in [0.05, 0.1) is 30.4 Å². The van der Waals surface area contributed by atoms with Crippen molar-refractivity contribution < 1.29 is 19.0 Å². The van der Waals surface area contributed by atoms with E-state index in [1.165, 1.54) is 23.0 Å². The number of para-hydroxylation sites is 1. The summed E-state index contributed by atoms with van der Waals surface area (Å²) in [7, 11) is 1.40. The van der Waals surface area contributed by atoms with E-state index in [2.05, 4.69) is 54.0 Å². The molecular weight excluding hydrogens is 640 g/mol. The summed E-state index contributed by atoms with van der Waals surface area (Å²) in [5, 5.41) is 2.25. The van der Waals surface area contributed by atoms with Crippen LogP contribution in [0.15, 0.2) is 114 Å². The molecule has 4 aromatic carbocycles. The van der Waals surface area contributed by atoms with Gasteiger partial charge >= 0.3 is 5.97 Å². The van der Waals surface area contributed by atoms with Crippen molar-refractivity contribution >= 4 is 40.2 Å². The molecular formula is C40H35ClN2O4S. The molecule has 242 valence electrons. The standard InChI is InChI=1S/C40H35ClN2O4S/c1-26-20-33-37(46-24-32-17-14-30(22-42-32)28-8-4-3-5-9-28)19-18-34-39(33)40(48-26)35(43(34)23-27-12-15-31(41)16-13-27)25-47-36-11-7-6-10-29(36)21-38(44)45-2/h3-19,22,26H,20-21,23-25H2,1-2H3. The molecule has 48 heavy (non-hydrogen) atoms. The van der Waals surface area contributed by atoms with Gasteiger partial charge < -0.3 is 18.8 Å². The number of pyridine rings is 1. The number of hydrogen-bond acceptors (Lipinski definition) is 6. The lowest BCUT2D eigenvalue weighted by atomic mass is 10.0. The number of thioether (sulfide) groups is 1. The Morgan fingerprint density at radius 1 is 0.875 bits per heavy atom. The molecule has 0 aliphatic carbocycles. The molecule has 6 nitrogen and oxygen atoms in total. The van der Waals surface area contributed by atoms with Crippen LogP contribution in [0.4, 0.5) is 0 Å². The highest BCUT2D eigenvalue weighted by Gasteiger charge is 2.29. The van der Waals surface area contributed by atoms with E-state index in [-0.39, 0.29) is 12.4 Å². The number of aromatic nitrogens is 2. The maximum Gasteiger partial charge on any atom is 0.310 e. The third-order valence-electron chi connectivity index (χ3n) is 8.63. The first-order valence-electron chi connectivity index (χ1n) is 16.0. The van der Waals surface area contributed by atoms with Gasteiger partial charge in [-0.25, -0.2) is 0 Å². The van der Waals surface area contributed by atoms with Gasteiger partial charge in [-0.15, -0.1) is 11.8 Å². The lowest BCUT2D eigenvalue weighted by Crippen LogP contribution is -2.11. The van der Waals surface area contributed by atoms with Crippen molar-refractivity contribution in [1.29, 1.82) is 0 Å². The number of hydrogen-bond donors (Lipinski definition) is 0. The van der Waals surface area contributed by atoms with Crippen molar-refractivity contribution in [2.45, 2.75) is 49.7 Å². The van der Waals surface area contributed by atoms with Crippen LogP contribution in [0, 0.1) is 0 Å². The highest BCUT2D eigenvalue weighted by atomic mass is 35.5. The summed E-state index contributed by atoms with van der Waals surface area (Å²) in [6.45, 7) is 3.63. The number of methoxy groups -OCH3 is 1. The van der Waals surface area contributed by atoms with Gasteiger partial charge in [0.15, 0.2) is 0 Å². The molecule has 0 saturated heterocycles. The fourth-order valence-electron chi connectivity index (χ4n) is 6.23. The van der Waals surface area contributed by atoms with Gasteiger partial charge in [-0.2, -0.15) is 0 Å². The summed E-state index contributed by atoms with van der Waals surface area (Å²) >= 11 is 8.11. The summed E-state index contributed by atoms with van der Waals surface area (Å²) in [5.41, 5.74) is 8.45. The molecule has 0 bridgehead atoms. The Kier molecular flexibility index (Phi) is 9.41. The van der Waals surface area contributed by atoms with Crippen LogP contribution >= 0.6 is 23.4 Å². The summed E-state index contributed by atoms with van der Waals surface area (Å²) in [4.78, 5) is 18.0. The Balaban J connectivity index is 1.23. The van der Waals surface area contributed by atoms with Crippen LogP contribution < -0.4 is 9.47 Å². The van der Waals surface area contributed by atoms with Crippen molar-refractivity contribution in [3.8, 4) is 22.6 Å². The lowest BCUT2D eigenvalue weighted by Gasteiger charge is -2.22. The second-order valence-corrected chi connectivity index (χ2v) is 13.8. The molecule has 6 aromatic rings. The predicted molar refractivity (Wildman–Crippen MR) is 192 cm³/mol. The van der Waals surface area contributed by atoms with Crippen LogP contribution in [0.25, 0.3) is 22.0 Å². The number of carbonyl (C=O) groups excluding carboxylic acids is 1. The fourth-order valence-corrected chi connectivity index (χ4v) is 7.66. The number of benzene rings is 4. The quantitative estimate of drug-likeness (QED) is 0.128. The largest absolute Gasteiger partial charge is 0.487 e. The van der Waals surface area contributed by atoms with Gasteiger partial charge in [0, 0.05) is 50.0 Å². The van der Waals surface area contributed by atoms with Crippen LogP contribution in [-0.2, 0) is 42.1 Å². The third kappa shape index (κ3) is 6.80. The van der Waals surface area contributed by atoms with E-state index in [9.17, 15) is 4.79 Å². The van der Waals surface area contributed by atoms with Crippen LogP contribution in [-0.4, -0.2) is 27.9 Å². The van der Waals surface area contributed by atoms with E-state index in [0.29, 0.717) is 35.8 Å². The van der Waals surface area contributed by atoms with Crippen LogP contribution in [0.3, 0.4) is 0 Å². The molecule has 3 heterocycles. The van der Waals surface area contributed by atoms with Crippen molar-refractivity contribution in [3.63, 3.8) is 0 Å². The van der Waals surface area contributed by atoms with E-state index in [0.717, 1.165) is 51.3 Å². The zero-order valence-corrected chi connectivity index (χ0v) is 28.4. The van der Waals surface area contributed by atoms with Crippen LogP contribution in [0.2, 0.25) is 5.02 Å². The second kappa shape index (κ2) is 14.2. The van der Waals surface area contributed by atoms with Gasteiger partial charge in [0.25, 0.3) is 0 Å². The molecule has 0 amide bonds. The Morgan fingerprint density at radius 3 is 2.42 bits per heavy atom. The van der Waals surface area contributed by atoms with Crippen molar-refractivity contribution in [1.82, 2.24) is 9.55 Å². The first kappa shape index (κ1) is 31.9. The average Bonchev–Trinajstić information content (AvgIpc) is 3.40. The predicted octanol–water partition coefficient (Wildman–Crippen LogP) is 9.32. The molecule has 2 aromatic heterocycles. The van der Waals surface area contributed by atoms with Gasteiger partial charge in [-0.1, -0.05) is 85.3 Å². The zero-order valence-electron chi connectivity index (χ0n) is 26.8. The van der Waals surface area contributed by atoms with Gasteiger partial charge in [-0.05, 0) is 53.9 Å². The number of carbonyl (C=O) groups is 1. The number of ether oxygens (including phenoxy) is 3.